The number of nitrogens with one attached hydrogen (secondary N) is 1. The summed E-state index contributed by atoms with van der Waals surface area (Å²) in [5.41, 5.74) is 4.61. The molecular formula is C23H25N5O3. The minimum absolute atomic E-state index is 0.0472. The van der Waals surface area contributed by atoms with Crippen molar-refractivity contribution in [2.24, 2.45) is 11.1 Å². The summed E-state index contributed by atoms with van der Waals surface area (Å²) in [6.45, 7) is 1.96. The zero-order valence-electron chi connectivity index (χ0n) is 17.4. The Kier molecular flexibility index (Phi) is 5.05. The lowest BCUT2D eigenvalue weighted by Crippen LogP contribution is -2.24. The second-order valence-corrected chi connectivity index (χ2v) is 8.38. The number of rotatable bonds is 5. The second-order valence-electron chi connectivity index (χ2n) is 8.38. The lowest BCUT2D eigenvalue weighted by atomic mass is 9.95. The van der Waals surface area contributed by atoms with Crippen molar-refractivity contribution in [1.82, 2.24) is 14.6 Å². The Morgan fingerprint density at radius 3 is 2.77 bits per heavy atom. The van der Waals surface area contributed by atoms with Gasteiger partial charge >= 0.3 is 0 Å². The Labute approximate surface area is 179 Å². The van der Waals surface area contributed by atoms with Crippen molar-refractivity contribution in [2.45, 2.75) is 51.6 Å². The van der Waals surface area contributed by atoms with Gasteiger partial charge in [-0.25, -0.2) is 4.52 Å². The van der Waals surface area contributed by atoms with Gasteiger partial charge in [0, 0.05) is 29.4 Å². The average molecular weight is 419 g/mol. The van der Waals surface area contributed by atoms with Gasteiger partial charge in [-0.3, -0.25) is 9.78 Å². The molecule has 0 atom stereocenters. The van der Waals surface area contributed by atoms with Gasteiger partial charge < -0.3 is 15.3 Å². The summed E-state index contributed by atoms with van der Waals surface area (Å²) in [6.07, 6.45) is 8.78. The van der Waals surface area contributed by atoms with Crippen LogP contribution in [0.5, 0.6) is 5.75 Å². The molecule has 0 saturated heterocycles. The van der Waals surface area contributed by atoms with E-state index in [0.29, 0.717) is 5.82 Å². The zero-order chi connectivity index (χ0) is 21.4. The highest BCUT2D eigenvalue weighted by atomic mass is 16.5. The van der Waals surface area contributed by atoms with Crippen molar-refractivity contribution >= 4 is 23.0 Å². The molecule has 0 spiro atoms. The van der Waals surface area contributed by atoms with E-state index in [1.54, 1.807) is 10.7 Å². The second kappa shape index (κ2) is 8.02. The van der Waals surface area contributed by atoms with E-state index in [9.17, 15) is 4.79 Å². The Morgan fingerprint density at radius 1 is 1.23 bits per heavy atom. The van der Waals surface area contributed by atoms with Gasteiger partial charge in [-0.15, -0.1) is 0 Å². The van der Waals surface area contributed by atoms with E-state index < -0.39 is 0 Å². The molecule has 0 bridgehead atoms. The van der Waals surface area contributed by atoms with Gasteiger partial charge in [0.2, 0.25) is 5.91 Å². The molecule has 2 aliphatic rings. The Morgan fingerprint density at radius 2 is 2.03 bits per heavy atom. The maximum Gasteiger partial charge on any atom is 0.228 e. The monoisotopic (exact) mass is 419 g/mol. The molecular weight excluding hydrogens is 394 g/mol. The first-order valence-corrected chi connectivity index (χ1v) is 10.7. The maximum atomic E-state index is 12.0. The summed E-state index contributed by atoms with van der Waals surface area (Å²) < 4.78 is 8.07. The van der Waals surface area contributed by atoms with Gasteiger partial charge in [-0.2, -0.15) is 5.10 Å². The summed E-state index contributed by atoms with van der Waals surface area (Å²) in [6, 6.07) is 7.94. The summed E-state index contributed by atoms with van der Waals surface area (Å²) in [5, 5.41) is 19.7. The minimum Gasteiger partial charge on any atom is -0.488 e. The third-order valence-corrected chi connectivity index (χ3v) is 5.92. The molecule has 0 aromatic carbocycles. The highest BCUT2D eigenvalue weighted by Gasteiger charge is 2.30. The van der Waals surface area contributed by atoms with Gasteiger partial charge in [0.25, 0.3) is 0 Å². The van der Waals surface area contributed by atoms with Crippen molar-refractivity contribution < 1.29 is 14.7 Å². The molecule has 2 saturated carbocycles. The van der Waals surface area contributed by atoms with Gasteiger partial charge in [0.1, 0.15) is 5.75 Å². The van der Waals surface area contributed by atoms with E-state index in [1.807, 2.05) is 37.4 Å². The number of oxime groups is 1. The quantitative estimate of drug-likeness (QED) is 0.477. The molecule has 0 unspecified atom stereocenters. The van der Waals surface area contributed by atoms with Crippen LogP contribution in [0, 0.1) is 12.8 Å². The molecule has 0 radical (unpaired) electrons. The third-order valence-electron chi connectivity index (χ3n) is 5.92. The number of amides is 1. The molecule has 3 aromatic rings. The maximum absolute atomic E-state index is 12.0. The Hall–Kier alpha value is -3.42. The molecule has 2 fully saturated rings. The Balaban J connectivity index is 1.40. The third kappa shape index (κ3) is 4.23. The molecule has 2 N–H and O–H groups in total. The van der Waals surface area contributed by atoms with Gasteiger partial charge in [0.15, 0.2) is 5.82 Å². The summed E-state index contributed by atoms with van der Waals surface area (Å²) in [5.74, 6) is 1.50. The van der Waals surface area contributed by atoms with Crippen molar-refractivity contribution in [3.05, 3.63) is 42.4 Å². The predicted molar refractivity (Wildman–Crippen MR) is 117 cm³/mol. The highest BCUT2D eigenvalue weighted by molar-refractivity contribution is 5.93. The van der Waals surface area contributed by atoms with Crippen LogP contribution in [-0.2, 0) is 4.79 Å². The zero-order valence-corrected chi connectivity index (χ0v) is 17.4. The number of carbonyl (C=O) groups is 1. The molecule has 0 aliphatic heterocycles. The van der Waals surface area contributed by atoms with Gasteiger partial charge in [-0.1, -0.05) is 5.16 Å². The van der Waals surface area contributed by atoms with Gasteiger partial charge in [0.05, 0.1) is 23.5 Å². The standard InChI is InChI=1S/C23H25N5O3/c1-14-10-20(21(13-24-14)31-19-6-4-17(27-30)5-7-19)16-8-9-28-18(11-16)12-22(26-28)25-23(29)15-2-3-15/h8-13,15,19,30H,2-7H2,1H3,(H,25,26,29). The van der Waals surface area contributed by atoms with Crippen LogP contribution in [0.15, 0.2) is 41.8 Å². The van der Waals surface area contributed by atoms with E-state index in [4.69, 9.17) is 9.94 Å². The average Bonchev–Trinajstić information content (AvgIpc) is 3.56. The van der Waals surface area contributed by atoms with E-state index in [0.717, 1.165) is 72.3 Å². The van der Waals surface area contributed by atoms with E-state index in [1.165, 1.54) is 0 Å². The summed E-state index contributed by atoms with van der Waals surface area (Å²) in [4.78, 5) is 16.5. The first-order valence-electron chi connectivity index (χ1n) is 10.7. The molecule has 160 valence electrons. The SMILES string of the molecule is Cc1cc(-c2ccn3nc(NC(=O)C4CC4)cc3c2)c(OC2CCC(=NO)CC2)cn1. The van der Waals surface area contributed by atoms with E-state index in [-0.39, 0.29) is 17.9 Å². The molecule has 31 heavy (non-hydrogen) atoms. The topological polar surface area (TPSA) is 101 Å². The van der Waals surface area contributed by atoms with E-state index >= 15 is 0 Å². The number of carbonyl (C=O) groups excluding carboxylic acids is 1. The van der Waals surface area contributed by atoms with Crippen molar-refractivity contribution in [1.29, 1.82) is 0 Å². The predicted octanol–water partition coefficient (Wildman–Crippen LogP) is 4.20. The molecule has 8 heteroatoms. The van der Waals surface area contributed by atoms with Crippen molar-refractivity contribution in [2.75, 3.05) is 5.32 Å². The molecule has 8 nitrogen and oxygen atoms in total. The van der Waals surface area contributed by atoms with Crippen LogP contribution in [0.4, 0.5) is 5.82 Å². The molecule has 3 aromatic heterocycles. The van der Waals surface area contributed by atoms with Crippen LogP contribution >= 0.6 is 0 Å². The van der Waals surface area contributed by atoms with Crippen LogP contribution in [0.1, 0.15) is 44.2 Å². The molecule has 2 aliphatic carbocycles. The summed E-state index contributed by atoms with van der Waals surface area (Å²) in [7, 11) is 0. The fourth-order valence-electron chi connectivity index (χ4n) is 3.99. The number of nitrogens with zero attached hydrogens (tertiary/aromatic N) is 4. The summed E-state index contributed by atoms with van der Waals surface area (Å²) >= 11 is 0. The number of aryl methyl sites for hydroxylation is 1. The number of fused-ring (bicyclic) bond motifs is 1. The number of aromatic nitrogens is 3. The first-order chi connectivity index (χ1) is 15.1. The van der Waals surface area contributed by atoms with Gasteiger partial charge in [-0.05, 0) is 69.2 Å². The number of hydrogen-bond donors (Lipinski definition) is 2. The first kappa shape index (κ1) is 19.5. The highest BCUT2D eigenvalue weighted by Crippen LogP contribution is 2.34. The fourth-order valence-corrected chi connectivity index (χ4v) is 3.99. The van der Waals surface area contributed by atoms with Crippen LogP contribution in [0.25, 0.3) is 16.6 Å². The number of ether oxygens (including phenoxy) is 1. The van der Waals surface area contributed by atoms with Crippen LogP contribution in [0.3, 0.4) is 0 Å². The number of pyridine rings is 2. The Bertz CT molecular complexity index is 1160. The molecule has 5 rings (SSSR count). The number of hydrogen-bond acceptors (Lipinski definition) is 6. The minimum atomic E-state index is 0.0472. The largest absolute Gasteiger partial charge is 0.488 e. The fraction of sp³-hybridized carbons (Fsp3) is 0.391. The lowest BCUT2D eigenvalue weighted by molar-refractivity contribution is -0.117. The van der Waals surface area contributed by atoms with Crippen molar-refractivity contribution in [3.63, 3.8) is 0 Å². The van der Waals surface area contributed by atoms with Crippen LogP contribution in [-0.4, -0.2) is 37.5 Å². The van der Waals surface area contributed by atoms with Crippen LogP contribution in [0.2, 0.25) is 0 Å². The lowest BCUT2D eigenvalue weighted by Gasteiger charge is -2.24. The van der Waals surface area contributed by atoms with Crippen LogP contribution < -0.4 is 10.1 Å². The van der Waals surface area contributed by atoms with E-state index in [2.05, 4.69) is 20.6 Å². The number of anilines is 1. The van der Waals surface area contributed by atoms with Crippen molar-refractivity contribution in [3.8, 4) is 16.9 Å². The normalized spacial score (nSPS) is 18.7. The molecule has 3 heterocycles. The molecule has 1 amide bonds. The smallest absolute Gasteiger partial charge is 0.228 e.